The number of aromatic nitrogens is 1. The highest BCUT2D eigenvalue weighted by molar-refractivity contribution is 6.11. The first-order valence-corrected chi connectivity index (χ1v) is 7.81. The van der Waals surface area contributed by atoms with Crippen LogP contribution >= 0.6 is 0 Å². The quantitative estimate of drug-likeness (QED) is 0.779. The first kappa shape index (κ1) is 15.4. The van der Waals surface area contributed by atoms with Crippen molar-refractivity contribution in [3.63, 3.8) is 0 Å². The van der Waals surface area contributed by atoms with Gasteiger partial charge in [-0.15, -0.1) is 0 Å². The van der Waals surface area contributed by atoms with Gasteiger partial charge in [0.1, 0.15) is 11.6 Å². The van der Waals surface area contributed by atoms with E-state index in [1.54, 1.807) is 42.3 Å². The van der Waals surface area contributed by atoms with Gasteiger partial charge in [0.2, 0.25) is 0 Å². The highest BCUT2D eigenvalue weighted by Crippen LogP contribution is 2.37. The van der Waals surface area contributed by atoms with Crippen LogP contribution in [-0.4, -0.2) is 29.9 Å². The van der Waals surface area contributed by atoms with E-state index in [0.717, 1.165) is 0 Å². The van der Waals surface area contributed by atoms with Gasteiger partial charge < -0.3 is 15.4 Å². The second-order valence-corrected chi connectivity index (χ2v) is 6.06. The van der Waals surface area contributed by atoms with Crippen LogP contribution in [0.2, 0.25) is 0 Å². The molecule has 0 spiro atoms. The van der Waals surface area contributed by atoms with Crippen molar-refractivity contribution in [3.05, 3.63) is 53.5 Å². The smallest absolute Gasteiger partial charge is 0.258 e. The lowest BCUT2D eigenvalue weighted by molar-refractivity contribution is 0.0817. The zero-order chi connectivity index (χ0) is 17.7. The van der Waals surface area contributed by atoms with E-state index in [9.17, 15) is 9.18 Å². The molecule has 2 heterocycles. The fourth-order valence-electron chi connectivity index (χ4n) is 3.26. The van der Waals surface area contributed by atoms with Crippen LogP contribution < -0.4 is 10.5 Å². The molecular weight excluding hydrogens is 321 g/mol. The predicted molar refractivity (Wildman–Crippen MR) is 93.9 cm³/mol. The third kappa shape index (κ3) is 2.21. The third-order valence-corrected chi connectivity index (χ3v) is 4.54. The van der Waals surface area contributed by atoms with Crippen LogP contribution in [0, 0.1) is 5.82 Å². The molecule has 126 valence electrons. The van der Waals surface area contributed by atoms with E-state index in [-0.39, 0.29) is 5.91 Å². The van der Waals surface area contributed by atoms with E-state index in [2.05, 4.69) is 4.98 Å². The number of pyridine rings is 1. The molecule has 5 nitrogen and oxygen atoms in total. The maximum atomic E-state index is 14.5. The zero-order valence-electron chi connectivity index (χ0n) is 13.8. The molecular formula is C19H16FN3O2. The van der Waals surface area contributed by atoms with Gasteiger partial charge in [-0.05, 0) is 12.1 Å². The molecule has 1 aliphatic heterocycles. The Balaban J connectivity index is 2.00. The Hall–Kier alpha value is -3.15. The van der Waals surface area contributed by atoms with E-state index in [4.69, 9.17) is 10.5 Å². The number of nitrogens with zero attached hydrogens (tertiary/aromatic N) is 2. The predicted octanol–water partition coefficient (Wildman–Crippen LogP) is 3.22. The number of fused-ring (bicyclic) bond motifs is 2. The number of hydrogen-bond donors (Lipinski definition) is 1. The Morgan fingerprint density at radius 2 is 2.04 bits per heavy atom. The lowest BCUT2D eigenvalue weighted by Gasteiger charge is -2.12. The highest BCUT2D eigenvalue weighted by Gasteiger charge is 2.30. The number of benzene rings is 2. The Bertz CT molecular complexity index is 1030. The van der Waals surface area contributed by atoms with Gasteiger partial charge in [0.25, 0.3) is 5.91 Å². The molecule has 0 saturated carbocycles. The van der Waals surface area contributed by atoms with E-state index in [1.165, 1.54) is 13.2 Å². The Labute approximate surface area is 143 Å². The van der Waals surface area contributed by atoms with Crippen LogP contribution in [0.4, 0.5) is 10.1 Å². The number of nitrogen functional groups attached to an aromatic ring is 1. The zero-order valence-corrected chi connectivity index (χ0v) is 13.8. The molecule has 2 N–H and O–H groups in total. The second-order valence-electron chi connectivity index (χ2n) is 6.06. The number of nitrogens with two attached hydrogens (primary N) is 1. The minimum Gasteiger partial charge on any atom is -0.497 e. The molecule has 1 aliphatic rings. The summed E-state index contributed by atoms with van der Waals surface area (Å²) >= 11 is 0. The van der Waals surface area contributed by atoms with Crippen molar-refractivity contribution in [2.24, 2.45) is 0 Å². The number of halogens is 1. The summed E-state index contributed by atoms with van der Waals surface area (Å²) in [4.78, 5) is 18.5. The van der Waals surface area contributed by atoms with Crippen LogP contribution in [0.25, 0.3) is 22.0 Å². The fourth-order valence-corrected chi connectivity index (χ4v) is 3.26. The van der Waals surface area contributed by atoms with Gasteiger partial charge >= 0.3 is 0 Å². The van der Waals surface area contributed by atoms with Crippen LogP contribution in [0.1, 0.15) is 16.1 Å². The molecule has 25 heavy (non-hydrogen) atoms. The molecule has 0 aliphatic carbocycles. The summed E-state index contributed by atoms with van der Waals surface area (Å²) in [6.07, 6.45) is 0. The SMILES string of the molecule is COc1ccc(-c2cccc3c(N)c4c(nc23)CN(C)C4=O)c(F)c1. The van der Waals surface area contributed by atoms with E-state index in [1.807, 2.05) is 0 Å². The molecule has 3 aromatic rings. The van der Waals surface area contributed by atoms with Gasteiger partial charge in [-0.1, -0.05) is 18.2 Å². The number of carbonyl (C=O) groups excluding carboxylic acids is 1. The number of rotatable bonds is 2. The third-order valence-electron chi connectivity index (χ3n) is 4.54. The van der Waals surface area contributed by atoms with Gasteiger partial charge in [-0.25, -0.2) is 9.37 Å². The van der Waals surface area contributed by atoms with Gasteiger partial charge in [0.15, 0.2) is 0 Å². The lowest BCUT2D eigenvalue weighted by atomic mass is 9.98. The first-order valence-electron chi connectivity index (χ1n) is 7.81. The van der Waals surface area contributed by atoms with Crippen molar-refractivity contribution in [2.75, 3.05) is 19.9 Å². The highest BCUT2D eigenvalue weighted by atomic mass is 19.1. The maximum Gasteiger partial charge on any atom is 0.258 e. The lowest BCUT2D eigenvalue weighted by Crippen LogP contribution is -2.18. The number of carbonyl (C=O) groups is 1. The summed E-state index contributed by atoms with van der Waals surface area (Å²) in [5.74, 6) is -0.0917. The molecule has 0 fully saturated rings. The molecule has 6 heteroatoms. The molecule has 1 aromatic heterocycles. The summed E-state index contributed by atoms with van der Waals surface area (Å²) in [5.41, 5.74) is 9.35. The first-order chi connectivity index (χ1) is 12.0. The van der Waals surface area contributed by atoms with Crippen molar-refractivity contribution in [1.82, 2.24) is 9.88 Å². The monoisotopic (exact) mass is 337 g/mol. The number of hydrogen-bond acceptors (Lipinski definition) is 4. The van der Waals surface area contributed by atoms with Crippen molar-refractivity contribution in [3.8, 4) is 16.9 Å². The molecule has 0 radical (unpaired) electrons. The molecule has 0 atom stereocenters. The number of methoxy groups -OCH3 is 1. The topological polar surface area (TPSA) is 68.5 Å². The molecule has 0 unspecified atom stereocenters. The summed E-state index contributed by atoms with van der Waals surface area (Å²) in [7, 11) is 3.20. The Kier molecular flexibility index (Phi) is 3.35. The minimum absolute atomic E-state index is 0.136. The fraction of sp³-hybridized carbons (Fsp3) is 0.158. The number of anilines is 1. The average molecular weight is 337 g/mol. The van der Waals surface area contributed by atoms with E-state index < -0.39 is 5.82 Å². The normalized spacial score (nSPS) is 13.4. The van der Waals surface area contributed by atoms with Crippen molar-refractivity contribution in [2.45, 2.75) is 6.54 Å². The Morgan fingerprint density at radius 1 is 1.24 bits per heavy atom. The van der Waals surface area contributed by atoms with Crippen molar-refractivity contribution in [1.29, 1.82) is 0 Å². The summed E-state index contributed by atoms with van der Waals surface area (Å²) in [6.45, 7) is 0.397. The van der Waals surface area contributed by atoms with Crippen LogP contribution in [0.15, 0.2) is 36.4 Å². The number of ether oxygens (including phenoxy) is 1. The van der Waals surface area contributed by atoms with Crippen LogP contribution in [-0.2, 0) is 6.54 Å². The molecule has 0 bridgehead atoms. The number of para-hydroxylation sites is 1. The number of amides is 1. The maximum absolute atomic E-state index is 14.5. The Morgan fingerprint density at radius 3 is 2.76 bits per heavy atom. The summed E-state index contributed by atoms with van der Waals surface area (Å²) < 4.78 is 19.6. The second kappa shape index (κ2) is 5.44. The van der Waals surface area contributed by atoms with E-state index in [0.29, 0.717) is 51.3 Å². The van der Waals surface area contributed by atoms with Crippen LogP contribution in [0.5, 0.6) is 5.75 Å². The molecule has 0 saturated heterocycles. The van der Waals surface area contributed by atoms with Crippen molar-refractivity contribution >= 4 is 22.5 Å². The van der Waals surface area contributed by atoms with E-state index >= 15 is 0 Å². The van der Waals surface area contributed by atoms with Gasteiger partial charge in [0.05, 0.1) is 36.1 Å². The van der Waals surface area contributed by atoms with Crippen molar-refractivity contribution < 1.29 is 13.9 Å². The molecule has 1 amide bonds. The largest absolute Gasteiger partial charge is 0.497 e. The molecule has 4 rings (SSSR count). The van der Waals surface area contributed by atoms with Crippen LogP contribution in [0.3, 0.4) is 0 Å². The standard InChI is InChI=1S/C19H16FN3O2/c1-23-9-15-16(19(23)24)17(21)13-5-3-4-12(18(13)22-15)11-7-6-10(25-2)8-14(11)20/h3-8H,9H2,1-2H3,(H2,21,22). The van der Waals surface area contributed by atoms with Gasteiger partial charge in [-0.3, -0.25) is 4.79 Å². The average Bonchev–Trinajstić information content (AvgIpc) is 2.89. The summed E-state index contributed by atoms with van der Waals surface area (Å²) in [6, 6.07) is 10.1. The van der Waals surface area contributed by atoms with Gasteiger partial charge in [-0.2, -0.15) is 0 Å². The summed E-state index contributed by atoms with van der Waals surface area (Å²) in [5, 5.41) is 0.648. The van der Waals surface area contributed by atoms with Gasteiger partial charge in [0, 0.05) is 29.6 Å². The minimum atomic E-state index is -0.402. The molecule has 2 aromatic carbocycles.